The molecule has 0 spiro atoms. The summed E-state index contributed by atoms with van der Waals surface area (Å²) in [4.78, 5) is 22.8. The number of hydrogen-bond acceptors (Lipinski definition) is 3. The van der Waals surface area contributed by atoms with Crippen LogP contribution in [0.4, 0.5) is 4.39 Å². The lowest BCUT2D eigenvalue weighted by molar-refractivity contribution is -0.122. The van der Waals surface area contributed by atoms with Crippen LogP contribution in [0.15, 0.2) is 34.7 Å². The lowest BCUT2D eigenvalue weighted by atomic mass is 10.1. The summed E-state index contributed by atoms with van der Waals surface area (Å²) in [6, 6.07) is 7.26. The molecule has 2 atom stereocenters. The summed E-state index contributed by atoms with van der Waals surface area (Å²) >= 11 is 6.00. The van der Waals surface area contributed by atoms with E-state index < -0.39 is 11.8 Å². The number of rotatable bonds is 5. The van der Waals surface area contributed by atoms with Crippen LogP contribution in [0, 0.1) is 11.7 Å². The zero-order valence-corrected chi connectivity index (χ0v) is 12.6. The third-order valence-corrected chi connectivity index (χ3v) is 4.14. The number of benzene rings is 1. The highest BCUT2D eigenvalue weighted by atomic mass is 35.5. The second-order valence-corrected chi connectivity index (χ2v) is 5.78. The second kappa shape index (κ2) is 6.04. The van der Waals surface area contributed by atoms with Crippen molar-refractivity contribution in [2.75, 3.05) is 0 Å². The number of aromatic carboxylic acids is 1. The molecular weight excluding hydrogens is 325 g/mol. The zero-order valence-electron chi connectivity index (χ0n) is 11.9. The van der Waals surface area contributed by atoms with Crippen molar-refractivity contribution in [3.05, 3.63) is 58.3 Å². The van der Waals surface area contributed by atoms with Crippen LogP contribution >= 0.6 is 11.6 Å². The number of amides is 1. The van der Waals surface area contributed by atoms with Crippen molar-refractivity contribution in [1.82, 2.24) is 5.32 Å². The van der Waals surface area contributed by atoms with E-state index in [9.17, 15) is 14.0 Å². The Kier molecular flexibility index (Phi) is 4.09. The summed E-state index contributed by atoms with van der Waals surface area (Å²) in [6.45, 7) is 0.0837. The molecular formula is C16H13ClFNO4. The molecule has 1 aliphatic rings. The van der Waals surface area contributed by atoms with Gasteiger partial charge in [-0.25, -0.2) is 9.18 Å². The minimum Gasteiger partial charge on any atom is -0.475 e. The van der Waals surface area contributed by atoms with Crippen LogP contribution in [0.2, 0.25) is 5.02 Å². The SMILES string of the molecule is O=C(O)c1ccc(CNC(=O)C2CC2c2c(F)cccc2Cl)o1. The van der Waals surface area contributed by atoms with Gasteiger partial charge in [0.05, 0.1) is 6.54 Å². The van der Waals surface area contributed by atoms with Gasteiger partial charge in [0, 0.05) is 22.4 Å². The smallest absolute Gasteiger partial charge is 0.371 e. The Morgan fingerprint density at radius 3 is 2.78 bits per heavy atom. The van der Waals surface area contributed by atoms with Gasteiger partial charge in [-0.15, -0.1) is 0 Å². The van der Waals surface area contributed by atoms with E-state index in [0.29, 0.717) is 22.8 Å². The van der Waals surface area contributed by atoms with Crippen LogP contribution in [0.1, 0.15) is 34.2 Å². The number of carbonyl (C=O) groups excluding carboxylic acids is 1. The molecule has 2 N–H and O–H groups in total. The van der Waals surface area contributed by atoms with Crippen LogP contribution in [0.25, 0.3) is 0 Å². The fourth-order valence-electron chi connectivity index (χ4n) is 2.56. The first kappa shape index (κ1) is 15.6. The molecule has 1 fully saturated rings. The number of carboxylic acids is 1. The molecule has 0 bridgehead atoms. The summed E-state index contributed by atoms with van der Waals surface area (Å²) < 4.78 is 18.9. The highest BCUT2D eigenvalue weighted by Gasteiger charge is 2.46. The van der Waals surface area contributed by atoms with Gasteiger partial charge in [0.2, 0.25) is 11.7 Å². The molecule has 5 nitrogen and oxygen atoms in total. The molecule has 7 heteroatoms. The normalized spacial score (nSPS) is 19.4. The Hall–Kier alpha value is -2.34. The Balaban J connectivity index is 1.59. The number of halogens is 2. The van der Waals surface area contributed by atoms with E-state index in [-0.39, 0.29) is 30.0 Å². The van der Waals surface area contributed by atoms with Crippen molar-refractivity contribution < 1.29 is 23.5 Å². The van der Waals surface area contributed by atoms with Crippen LogP contribution in [0.3, 0.4) is 0 Å². The molecule has 0 aliphatic heterocycles. The second-order valence-electron chi connectivity index (χ2n) is 5.37. The molecule has 0 radical (unpaired) electrons. The van der Waals surface area contributed by atoms with Gasteiger partial charge in [-0.3, -0.25) is 4.79 Å². The van der Waals surface area contributed by atoms with E-state index in [1.807, 2.05) is 0 Å². The first-order chi connectivity index (χ1) is 11.0. The minimum atomic E-state index is -1.17. The van der Waals surface area contributed by atoms with E-state index in [4.69, 9.17) is 21.1 Å². The van der Waals surface area contributed by atoms with E-state index in [2.05, 4.69) is 5.32 Å². The maximum atomic E-state index is 13.8. The van der Waals surface area contributed by atoms with E-state index in [1.165, 1.54) is 24.3 Å². The molecule has 0 saturated heterocycles. The van der Waals surface area contributed by atoms with E-state index in [1.54, 1.807) is 6.07 Å². The summed E-state index contributed by atoms with van der Waals surface area (Å²) in [5.41, 5.74) is 0.375. The highest BCUT2D eigenvalue weighted by Crippen LogP contribution is 2.50. The Labute approximate surface area is 136 Å². The van der Waals surface area contributed by atoms with Gasteiger partial charge in [0.25, 0.3) is 0 Å². The van der Waals surface area contributed by atoms with Gasteiger partial charge in [0.1, 0.15) is 11.6 Å². The van der Waals surface area contributed by atoms with Crippen LogP contribution in [-0.4, -0.2) is 17.0 Å². The summed E-state index contributed by atoms with van der Waals surface area (Å²) in [5.74, 6) is -2.21. The van der Waals surface area contributed by atoms with Crippen molar-refractivity contribution in [1.29, 1.82) is 0 Å². The number of carbonyl (C=O) groups is 2. The summed E-state index contributed by atoms with van der Waals surface area (Å²) in [6.07, 6.45) is 0.533. The molecule has 1 heterocycles. The zero-order chi connectivity index (χ0) is 16.6. The molecule has 2 unspecified atom stereocenters. The predicted octanol–water partition coefficient (Wildman–Crippen LogP) is 3.19. The number of carboxylic acid groups (broad SMARTS) is 1. The molecule has 2 aromatic rings. The average Bonchev–Trinajstić information content (AvgIpc) is 3.12. The number of nitrogens with one attached hydrogen (secondary N) is 1. The standard InChI is InChI=1S/C16H13ClFNO4/c17-11-2-1-3-12(18)14(11)9-6-10(9)15(20)19-7-8-4-5-13(23-8)16(21)22/h1-5,9-10H,6-7H2,(H,19,20)(H,21,22). The first-order valence-electron chi connectivity index (χ1n) is 7.01. The Morgan fingerprint density at radius 1 is 1.35 bits per heavy atom. The topological polar surface area (TPSA) is 79.5 Å². The third kappa shape index (κ3) is 3.22. The van der Waals surface area contributed by atoms with Gasteiger partial charge >= 0.3 is 5.97 Å². The fourth-order valence-corrected chi connectivity index (χ4v) is 2.87. The monoisotopic (exact) mass is 337 g/mol. The summed E-state index contributed by atoms with van der Waals surface area (Å²) in [7, 11) is 0. The van der Waals surface area contributed by atoms with Crippen molar-refractivity contribution in [2.45, 2.75) is 18.9 Å². The number of hydrogen-bond donors (Lipinski definition) is 2. The van der Waals surface area contributed by atoms with E-state index in [0.717, 1.165) is 0 Å². The largest absolute Gasteiger partial charge is 0.475 e. The molecule has 1 aromatic heterocycles. The number of furan rings is 1. The van der Waals surface area contributed by atoms with Crippen LogP contribution in [0.5, 0.6) is 0 Å². The summed E-state index contributed by atoms with van der Waals surface area (Å²) in [5, 5.41) is 11.7. The average molecular weight is 338 g/mol. The van der Waals surface area contributed by atoms with Gasteiger partial charge in [0.15, 0.2) is 0 Å². The molecule has 23 heavy (non-hydrogen) atoms. The lowest BCUT2D eigenvalue weighted by Crippen LogP contribution is -2.24. The highest BCUT2D eigenvalue weighted by molar-refractivity contribution is 6.31. The van der Waals surface area contributed by atoms with Crippen LogP contribution in [-0.2, 0) is 11.3 Å². The van der Waals surface area contributed by atoms with Gasteiger partial charge in [-0.2, -0.15) is 0 Å². The van der Waals surface area contributed by atoms with Crippen LogP contribution < -0.4 is 5.32 Å². The maximum absolute atomic E-state index is 13.8. The third-order valence-electron chi connectivity index (χ3n) is 3.81. The molecule has 1 aliphatic carbocycles. The molecule has 1 saturated carbocycles. The Bertz CT molecular complexity index is 753. The van der Waals surface area contributed by atoms with Gasteiger partial charge in [-0.1, -0.05) is 17.7 Å². The van der Waals surface area contributed by atoms with Crippen molar-refractivity contribution >= 4 is 23.5 Å². The minimum absolute atomic E-state index is 0.0837. The molecule has 3 rings (SSSR count). The molecule has 1 aromatic carbocycles. The fraction of sp³-hybridized carbons (Fsp3) is 0.250. The first-order valence-corrected chi connectivity index (χ1v) is 7.39. The van der Waals surface area contributed by atoms with Crippen molar-refractivity contribution in [3.63, 3.8) is 0 Å². The maximum Gasteiger partial charge on any atom is 0.371 e. The predicted molar refractivity (Wildman–Crippen MR) is 79.8 cm³/mol. The van der Waals surface area contributed by atoms with Crippen molar-refractivity contribution in [3.8, 4) is 0 Å². The molecule has 1 amide bonds. The van der Waals surface area contributed by atoms with Gasteiger partial charge in [-0.05, 0) is 30.7 Å². The van der Waals surface area contributed by atoms with Gasteiger partial charge < -0.3 is 14.8 Å². The van der Waals surface area contributed by atoms with E-state index >= 15 is 0 Å². The van der Waals surface area contributed by atoms with Crippen molar-refractivity contribution in [2.24, 2.45) is 5.92 Å². The lowest BCUT2D eigenvalue weighted by Gasteiger charge is -2.06. The molecule has 120 valence electrons. The quantitative estimate of drug-likeness (QED) is 0.878. The Morgan fingerprint density at radius 2 is 2.13 bits per heavy atom.